The zero-order chi connectivity index (χ0) is 9.78. The van der Waals surface area contributed by atoms with Gasteiger partial charge in [0.1, 0.15) is 6.29 Å². The molecule has 0 bridgehead atoms. The molecule has 76 valence electrons. The lowest BCUT2D eigenvalue weighted by atomic mass is 10.3. The molecule has 0 heterocycles. The molecule has 0 aromatic heterocycles. The predicted molar refractivity (Wildman–Crippen MR) is 51.3 cm³/mol. The summed E-state index contributed by atoms with van der Waals surface area (Å²) in [4.78, 5) is 9.91. The van der Waals surface area contributed by atoms with Crippen molar-refractivity contribution < 1.29 is 14.3 Å². The third-order valence-electron chi connectivity index (χ3n) is 1.44. The van der Waals surface area contributed by atoms with Gasteiger partial charge in [0.15, 0.2) is 6.79 Å². The number of carbonyl (C=O) groups excluding carboxylic acids is 1. The van der Waals surface area contributed by atoms with Crippen molar-refractivity contribution in [3.63, 3.8) is 0 Å². The van der Waals surface area contributed by atoms with Gasteiger partial charge in [0.25, 0.3) is 0 Å². The van der Waals surface area contributed by atoms with Crippen LogP contribution in [0, 0.1) is 0 Å². The number of hydrogen-bond donors (Lipinski definition) is 0. The number of ether oxygens (including phenoxy) is 2. The van der Waals surface area contributed by atoms with Crippen molar-refractivity contribution in [1.29, 1.82) is 0 Å². The van der Waals surface area contributed by atoms with Crippen LogP contribution in [0.4, 0.5) is 0 Å². The number of rotatable bonds is 9. The lowest BCUT2D eigenvalue weighted by Crippen LogP contribution is -1.97. The Bertz CT molecular complexity index is 132. The molecule has 0 fully saturated rings. The highest BCUT2D eigenvalue weighted by Crippen LogP contribution is 1.90. The van der Waals surface area contributed by atoms with Crippen molar-refractivity contribution in [3.05, 3.63) is 12.3 Å². The van der Waals surface area contributed by atoms with Gasteiger partial charge in [-0.15, -0.1) is 0 Å². The first-order chi connectivity index (χ1) is 6.41. The maximum absolute atomic E-state index is 9.91. The van der Waals surface area contributed by atoms with E-state index < -0.39 is 0 Å². The summed E-state index contributed by atoms with van der Waals surface area (Å²) in [5.74, 6) is 0. The Hall–Kier alpha value is -0.830. The van der Waals surface area contributed by atoms with Gasteiger partial charge in [0.2, 0.25) is 0 Å². The lowest BCUT2D eigenvalue weighted by Gasteiger charge is -2.01. The molecule has 0 spiro atoms. The topological polar surface area (TPSA) is 35.5 Å². The molecule has 0 saturated carbocycles. The molecule has 3 heteroatoms. The summed E-state index contributed by atoms with van der Waals surface area (Å²) in [6, 6.07) is 0. The molecule has 0 unspecified atom stereocenters. The molecular formula is C10H18O3. The SMILES string of the molecule is CCCCOCOC=CCCC=O. The van der Waals surface area contributed by atoms with E-state index >= 15 is 0 Å². The molecule has 0 aliphatic rings. The average molecular weight is 186 g/mol. The first kappa shape index (κ1) is 12.2. The fourth-order valence-electron chi connectivity index (χ4n) is 0.693. The highest BCUT2D eigenvalue weighted by atomic mass is 16.7. The fourth-order valence-corrected chi connectivity index (χ4v) is 0.693. The maximum atomic E-state index is 9.91. The fraction of sp³-hybridized carbons (Fsp3) is 0.700. The van der Waals surface area contributed by atoms with Gasteiger partial charge in [-0.3, -0.25) is 0 Å². The van der Waals surface area contributed by atoms with Crippen LogP contribution in [-0.2, 0) is 14.3 Å². The van der Waals surface area contributed by atoms with Crippen LogP contribution in [-0.4, -0.2) is 19.7 Å². The monoisotopic (exact) mass is 186 g/mol. The standard InChI is InChI=1S/C10H18O3/c1-2-3-8-12-10-13-9-6-4-5-7-11/h6-7,9H,2-5,8,10H2,1H3. The molecule has 0 saturated heterocycles. The van der Waals surface area contributed by atoms with Gasteiger partial charge in [-0.05, 0) is 18.9 Å². The smallest absolute Gasteiger partial charge is 0.188 e. The van der Waals surface area contributed by atoms with Crippen LogP contribution >= 0.6 is 0 Å². The second-order valence-electron chi connectivity index (χ2n) is 2.66. The number of hydrogen-bond acceptors (Lipinski definition) is 3. The lowest BCUT2D eigenvalue weighted by molar-refractivity contribution is -0.107. The normalized spacial score (nSPS) is 10.5. The Morgan fingerprint density at radius 3 is 2.85 bits per heavy atom. The van der Waals surface area contributed by atoms with Crippen LogP contribution in [0.5, 0.6) is 0 Å². The Morgan fingerprint density at radius 2 is 2.15 bits per heavy atom. The third kappa shape index (κ3) is 11.2. The van der Waals surface area contributed by atoms with Crippen LogP contribution in [0.1, 0.15) is 32.6 Å². The van der Waals surface area contributed by atoms with Crippen LogP contribution in [0.25, 0.3) is 0 Å². The minimum atomic E-state index is 0.303. The molecule has 0 rings (SSSR count). The van der Waals surface area contributed by atoms with Crippen molar-refractivity contribution >= 4 is 6.29 Å². The van der Waals surface area contributed by atoms with Crippen LogP contribution in [0.15, 0.2) is 12.3 Å². The zero-order valence-electron chi connectivity index (χ0n) is 8.20. The molecule has 0 aliphatic carbocycles. The molecule has 0 aliphatic heterocycles. The zero-order valence-corrected chi connectivity index (χ0v) is 8.20. The second kappa shape index (κ2) is 11.2. The number of aldehydes is 1. The summed E-state index contributed by atoms with van der Waals surface area (Å²) in [6.45, 7) is 3.17. The number of allylic oxidation sites excluding steroid dienone is 1. The summed E-state index contributed by atoms with van der Waals surface area (Å²) in [6.07, 6.45) is 7.78. The minimum Gasteiger partial charge on any atom is -0.475 e. The summed E-state index contributed by atoms with van der Waals surface area (Å²) in [5, 5.41) is 0. The Labute approximate surface area is 79.7 Å². The molecule has 0 N–H and O–H groups in total. The van der Waals surface area contributed by atoms with E-state index in [1.165, 1.54) is 0 Å². The molecule has 0 amide bonds. The van der Waals surface area contributed by atoms with Gasteiger partial charge in [-0.2, -0.15) is 0 Å². The molecule has 0 radical (unpaired) electrons. The largest absolute Gasteiger partial charge is 0.475 e. The molecule has 0 atom stereocenters. The van der Waals surface area contributed by atoms with E-state index in [0.717, 1.165) is 32.2 Å². The van der Waals surface area contributed by atoms with E-state index in [0.29, 0.717) is 13.2 Å². The number of unbranched alkanes of at least 4 members (excludes halogenated alkanes) is 2. The first-order valence-electron chi connectivity index (χ1n) is 4.69. The van der Waals surface area contributed by atoms with E-state index in [2.05, 4.69) is 6.92 Å². The van der Waals surface area contributed by atoms with Crippen molar-refractivity contribution in [2.75, 3.05) is 13.4 Å². The van der Waals surface area contributed by atoms with Gasteiger partial charge in [0, 0.05) is 6.42 Å². The van der Waals surface area contributed by atoms with E-state index in [9.17, 15) is 4.79 Å². The van der Waals surface area contributed by atoms with E-state index in [1.54, 1.807) is 6.26 Å². The van der Waals surface area contributed by atoms with E-state index in [4.69, 9.17) is 9.47 Å². The van der Waals surface area contributed by atoms with Crippen LogP contribution in [0.3, 0.4) is 0 Å². The van der Waals surface area contributed by atoms with Gasteiger partial charge in [0.05, 0.1) is 12.9 Å². The van der Waals surface area contributed by atoms with E-state index in [-0.39, 0.29) is 0 Å². The second-order valence-corrected chi connectivity index (χ2v) is 2.66. The Balaban J connectivity index is 2.97. The highest BCUT2D eigenvalue weighted by Gasteiger charge is 1.84. The van der Waals surface area contributed by atoms with Crippen molar-refractivity contribution in [1.82, 2.24) is 0 Å². The molecule has 0 aromatic rings. The summed E-state index contributed by atoms with van der Waals surface area (Å²) in [7, 11) is 0. The summed E-state index contributed by atoms with van der Waals surface area (Å²) >= 11 is 0. The highest BCUT2D eigenvalue weighted by molar-refractivity contribution is 5.49. The van der Waals surface area contributed by atoms with E-state index in [1.807, 2.05) is 6.08 Å². The Morgan fingerprint density at radius 1 is 1.31 bits per heavy atom. The maximum Gasteiger partial charge on any atom is 0.188 e. The quantitative estimate of drug-likeness (QED) is 0.240. The van der Waals surface area contributed by atoms with Crippen LogP contribution < -0.4 is 0 Å². The molecular weight excluding hydrogens is 168 g/mol. The van der Waals surface area contributed by atoms with Crippen molar-refractivity contribution in [2.45, 2.75) is 32.6 Å². The van der Waals surface area contributed by atoms with Gasteiger partial charge >= 0.3 is 0 Å². The first-order valence-corrected chi connectivity index (χ1v) is 4.69. The van der Waals surface area contributed by atoms with Crippen molar-refractivity contribution in [3.8, 4) is 0 Å². The molecule has 13 heavy (non-hydrogen) atoms. The molecule has 3 nitrogen and oxygen atoms in total. The van der Waals surface area contributed by atoms with Crippen molar-refractivity contribution in [2.24, 2.45) is 0 Å². The van der Waals surface area contributed by atoms with Gasteiger partial charge < -0.3 is 14.3 Å². The predicted octanol–water partition coefficient (Wildman–Crippen LogP) is 2.27. The van der Waals surface area contributed by atoms with Gasteiger partial charge in [-0.1, -0.05) is 13.3 Å². The third-order valence-corrected chi connectivity index (χ3v) is 1.44. The average Bonchev–Trinajstić information content (AvgIpc) is 2.16. The van der Waals surface area contributed by atoms with Gasteiger partial charge in [-0.25, -0.2) is 0 Å². The minimum absolute atomic E-state index is 0.303. The summed E-state index contributed by atoms with van der Waals surface area (Å²) < 4.78 is 10.1. The number of carbonyl (C=O) groups is 1. The summed E-state index contributed by atoms with van der Waals surface area (Å²) in [5.41, 5.74) is 0. The Kier molecular flexibility index (Phi) is 10.5. The molecule has 0 aromatic carbocycles. The van der Waals surface area contributed by atoms with Crippen LogP contribution in [0.2, 0.25) is 0 Å².